The monoisotopic (exact) mass is 510 g/mol. The topological polar surface area (TPSA) is 27.7 Å². The zero-order chi connectivity index (χ0) is 26.2. The molecular weight excluding hydrogens is 477 g/mol. The summed E-state index contributed by atoms with van der Waals surface area (Å²) in [5, 5.41) is 0. The lowest BCUT2D eigenvalue weighted by atomic mass is 9.98. The summed E-state index contributed by atoms with van der Waals surface area (Å²) in [7, 11) is 0. The van der Waals surface area contributed by atoms with Crippen molar-refractivity contribution in [2.24, 2.45) is 5.92 Å². The second kappa shape index (κ2) is 12.9. The maximum Gasteiger partial charge on any atom is 0.201 e. The second-order valence-corrected chi connectivity index (χ2v) is 9.37. The number of rotatable bonds is 11. The molecule has 0 aromatic heterocycles. The molecule has 0 unspecified atom stereocenters. The smallest absolute Gasteiger partial charge is 0.201 e. The van der Waals surface area contributed by atoms with E-state index in [2.05, 4.69) is 13.5 Å². The first-order chi connectivity index (χ1) is 18.0. The van der Waals surface area contributed by atoms with Crippen LogP contribution in [0.1, 0.15) is 50.9 Å². The minimum absolute atomic E-state index is 0.0768. The van der Waals surface area contributed by atoms with E-state index in [-0.39, 0.29) is 17.9 Å². The highest BCUT2D eigenvalue weighted by molar-refractivity contribution is 5.71. The molecule has 0 saturated carbocycles. The van der Waals surface area contributed by atoms with E-state index in [9.17, 15) is 8.78 Å². The Morgan fingerprint density at radius 2 is 1.54 bits per heavy atom. The van der Waals surface area contributed by atoms with Gasteiger partial charge in [-0.05, 0) is 35.7 Å². The number of hydrogen-bond acceptors (Lipinski definition) is 3. The van der Waals surface area contributed by atoms with Gasteiger partial charge in [0.15, 0.2) is 17.9 Å². The van der Waals surface area contributed by atoms with Gasteiger partial charge >= 0.3 is 0 Å². The van der Waals surface area contributed by atoms with E-state index in [0.29, 0.717) is 41.4 Å². The Morgan fingerprint density at radius 3 is 2.19 bits per heavy atom. The maximum absolute atomic E-state index is 15.1. The molecule has 0 N–H and O–H groups in total. The predicted molar refractivity (Wildman–Crippen MR) is 140 cm³/mol. The number of ether oxygens (including phenoxy) is 3. The van der Waals surface area contributed by atoms with Crippen LogP contribution in [0.25, 0.3) is 22.3 Å². The summed E-state index contributed by atoms with van der Waals surface area (Å²) in [6.45, 7) is 6.99. The van der Waals surface area contributed by atoms with Crippen LogP contribution >= 0.6 is 0 Å². The summed E-state index contributed by atoms with van der Waals surface area (Å²) in [4.78, 5) is 0. The first kappa shape index (κ1) is 27.0. The van der Waals surface area contributed by atoms with Crippen molar-refractivity contribution in [3.63, 3.8) is 0 Å². The molecule has 4 rings (SSSR count). The van der Waals surface area contributed by atoms with Gasteiger partial charge in [-0.1, -0.05) is 81.7 Å². The molecule has 0 aliphatic carbocycles. The van der Waals surface area contributed by atoms with Crippen molar-refractivity contribution >= 4 is 0 Å². The summed E-state index contributed by atoms with van der Waals surface area (Å²) < 4.78 is 60.9. The van der Waals surface area contributed by atoms with E-state index in [4.69, 9.17) is 14.2 Å². The van der Waals surface area contributed by atoms with E-state index in [0.717, 1.165) is 6.42 Å². The second-order valence-electron chi connectivity index (χ2n) is 9.37. The molecule has 37 heavy (non-hydrogen) atoms. The molecule has 0 spiro atoms. The van der Waals surface area contributed by atoms with Crippen LogP contribution in [0.15, 0.2) is 67.3 Å². The van der Waals surface area contributed by atoms with Gasteiger partial charge in [0.05, 0.1) is 13.2 Å². The van der Waals surface area contributed by atoms with Gasteiger partial charge in [0, 0.05) is 22.6 Å². The van der Waals surface area contributed by atoms with Crippen LogP contribution < -0.4 is 4.74 Å². The van der Waals surface area contributed by atoms with Crippen molar-refractivity contribution in [1.29, 1.82) is 0 Å². The van der Waals surface area contributed by atoms with Gasteiger partial charge < -0.3 is 14.2 Å². The van der Waals surface area contributed by atoms with Crippen LogP contribution in [0.3, 0.4) is 0 Å². The third-order valence-corrected chi connectivity index (χ3v) is 6.61. The fraction of sp³-hybridized carbons (Fsp3) is 0.355. The van der Waals surface area contributed by atoms with Crippen molar-refractivity contribution in [2.45, 2.75) is 45.3 Å². The third-order valence-electron chi connectivity index (χ3n) is 6.61. The average Bonchev–Trinajstić information content (AvgIpc) is 2.92. The van der Waals surface area contributed by atoms with Crippen molar-refractivity contribution in [3.05, 3.63) is 90.3 Å². The van der Waals surface area contributed by atoms with Gasteiger partial charge in [0.2, 0.25) is 5.82 Å². The van der Waals surface area contributed by atoms with Gasteiger partial charge in [0.1, 0.15) is 12.4 Å². The summed E-state index contributed by atoms with van der Waals surface area (Å²) in [5.41, 5.74) is 2.23. The number of unbranched alkanes of at least 4 members (excludes halogenated alkanes) is 3. The maximum atomic E-state index is 15.1. The zero-order valence-electron chi connectivity index (χ0n) is 21.2. The van der Waals surface area contributed by atoms with Gasteiger partial charge in [-0.2, -0.15) is 4.39 Å². The molecule has 1 heterocycles. The van der Waals surface area contributed by atoms with Gasteiger partial charge in [-0.25, -0.2) is 8.78 Å². The summed E-state index contributed by atoms with van der Waals surface area (Å²) in [6, 6.07) is 14.4. The first-order valence-corrected chi connectivity index (χ1v) is 12.9. The Bertz CT molecular complexity index is 1190. The van der Waals surface area contributed by atoms with Gasteiger partial charge in [0.25, 0.3) is 0 Å². The largest absolute Gasteiger partial charge is 0.486 e. The molecule has 0 amide bonds. The molecule has 1 aliphatic heterocycles. The predicted octanol–water partition coefficient (Wildman–Crippen LogP) is 8.63. The van der Waals surface area contributed by atoms with Crippen LogP contribution in [-0.4, -0.2) is 19.8 Å². The van der Waals surface area contributed by atoms with E-state index in [1.54, 1.807) is 36.4 Å². The number of halogens is 3. The molecule has 3 aromatic carbocycles. The SMILES string of the molecule is C=CCOc1ccc(-c2ccc(-c3ccc(C4OCC(CCCCCC)CO4)cc3F)cc2)c(F)c1F. The fourth-order valence-corrected chi connectivity index (χ4v) is 4.52. The number of benzene rings is 3. The first-order valence-electron chi connectivity index (χ1n) is 12.9. The van der Waals surface area contributed by atoms with Crippen molar-refractivity contribution in [2.75, 3.05) is 19.8 Å². The molecule has 196 valence electrons. The minimum atomic E-state index is -1.06. The van der Waals surface area contributed by atoms with Crippen molar-refractivity contribution < 1.29 is 27.4 Å². The van der Waals surface area contributed by atoms with Gasteiger partial charge in [-0.15, -0.1) is 0 Å². The Morgan fingerprint density at radius 1 is 0.865 bits per heavy atom. The number of hydrogen-bond donors (Lipinski definition) is 0. The van der Waals surface area contributed by atoms with Crippen LogP contribution in [0.2, 0.25) is 0 Å². The molecule has 6 heteroatoms. The Balaban J connectivity index is 1.41. The fourth-order valence-electron chi connectivity index (χ4n) is 4.52. The van der Waals surface area contributed by atoms with E-state index >= 15 is 4.39 Å². The normalized spacial score (nSPS) is 17.5. The zero-order valence-corrected chi connectivity index (χ0v) is 21.2. The molecule has 1 aliphatic rings. The Hall–Kier alpha value is -3.09. The summed E-state index contributed by atoms with van der Waals surface area (Å²) >= 11 is 0. The molecule has 3 nitrogen and oxygen atoms in total. The standard InChI is InChI=1S/C31H33F3O3/c1-3-5-6-7-8-21-19-36-31(37-20-21)24-13-14-25(27(32)18-24)22-9-11-23(12-10-22)26-15-16-28(35-17-4-2)30(34)29(26)33/h4,9-16,18,21,31H,2-3,5-8,17,19-20H2,1H3. The van der Waals surface area contributed by atoms with Crippen LogP contribution in [-0.2, 0) is 9.47 Å². The molecule has 0 atom stereocenters. The Kier molecular flexibility index (Phi) is 9.42. The highest BCUT2D eigenvalue weighted by Crippen LogP contribution is 2.34. The highest BCUT2D eigenvalue weighted by Gasteiger charge is 2.24. The minimum Gasteiger partial charge on any atom is -0.486 e. The highest BCUT2D eigenvalue weighted by atomic mass is 19.2. The lowest BCUT2D eigenvalue weighted by Gasteiger charge is -2.29. The third kappa shape index (κ3) is 6.62. The summed E-state index contributed by atoms with van der Waals surface area (Å²) in [6.07, 6.45) is 6.83. The molecule has 3 aromatic rings. The molecule has 0 radical (unpaired) electrons. The van der Waals surface area contributed by atoms with Crippen molar-refractivity contribution in [1.82, 2.24) is 0 Å². The molecule has 0 bridgehead atoms. The van der Waals surface area contributed by atoms with Crippen LogP contribution in [0.4, 0.5) is 13.2 Å². The average molecular weight is 511 g/mol. The van der Waals surface area contributed by atoms with E-state index in [1.165, 1.54) is 50.0 Å². The molecule has 1 fully saturated rings. The van der Waals surface area contributed by atoms with Crippen molar-refractivity contribution in [3.8, 4) is 28.0 Å². The van der Waals surface area contributed by atoms with E-state index < -0.39 is 23.7 Å². The quantitative estimate of drug-likeness (QED) is 0.191. The molecular formula is C31H33F3O3. The molecule has 1 saturated heterocycles. The van der Waals surface area contributed by atoms with Gasteiger partial charge in [-0.3, -0.25) is 0 Å². The van der Waals surface area contributed by atoms with E-state index in [1.807, 2.05) is 0 Å². The summed E-state index contributed by atoms with van der Waals surface area (Å²) in [5.74, 6) is -2.25. The lowest BCUT2D eigenvalue weighted by Crippen LogP contribution is -2.27. The van der Waals surface area contributed by atoms with Crippen LogP contribution in [0, 0.1) is 23.4 Å². The van der Waals surface area contributed by atoms with Crippen LogP contribution in [0.5, 0.6) is 5.75 Å². The Labute approximate surface area is 216 Å². The lowest BCUT2D eigenvalue weighted by molar-refractivity contribution is -0.206.